The Morgan fingerprint density at radius 3 is 2.62 bits per heavy atom. The van der Waals surface area contributed by atoms with Crippen molar-refractivity contribution in [3.8, 4) is 5.75 Å². The normalized spacial score (nSPS) is 20.6. The highest BCUT2D eigenvalue weighted by atomic mass is 19.1. The van der Waals surface area contributed by atoms with E-state index in [1.165, 1.54) is 0 Å². The molecule has 0 N–H and O–H groups in total. The molecule has 2 aromatic carbocycles. The van der Waals surface area contributed by atoms with E-state index in [-0.39, 0.29) is 35.8 Å². The van der Waals surface area contributed by atoms with Crippen molar-refractivity contribution >= 4 is 11.8 Å². The van der Waals surface area contributed by atoms with Crippen molar-refractivity contribution in [2.45, 2.75) is 38.1 Å². The molecule has 0 spiro atoms. The number of piperidine rings is 2. The molecule has 32 heavy (non-hydrogen) atoms. The number of likely N-dealkylation sites (tertiary alicyclic amines) is 2. The summed E-state index contributed by atoms with van der Waals surface area (Å²) in [5.74, 6) is -0.280. The van der Waals surface area contributed by atoms with E-state index in [4.69, 9.17) is 4.74 Å². The highest BCUT2D eigenvalue weighted by Gasteiger charge is 2.39. The van der Waals surface area contributed by atoms with Gasteiger partial charge in [0.2, 0.25) is 11.8 Å². The first kappa shape index (κ1) is 22.2. The molecule has 2 fully saturated rings. The number of ether oxygens (including phenoxy) is 1. The van der Waals surface area contributed by atoms with Crippen molar-refractivity contribution in [3.05, 3.63) is 65.7 Å². The molecular weight excluding hydrogens is 414 g/mol. The Morgan fingerprint density at radius 1 is 1.00 bits per heavy atom. The van der Waals surface area contributed by atoms with E-state index in [2.05, 4.69) is 0 Å². The smallest absolute Gasteiger partial charge is 0.227 e. The van der Waals surface area contributed by atoms with Crippen LogP contribution in [-0.4, -0.2) is 53.9 Å². The summed E-state index contributed by atoms with van der Waals surface area (Å²) in [5.41, 5.74) is 0.0863. The summed E-state index contributed by atoms with van der Waals surface area (Å²) in [6.07, 6.45) is 2.66. The van der Waals surface area contributed by atoms with Crippen LogP contribution >= 0.6 is 0 Å². The Labute approximate surface area is 187 Å². The highest BCUT2D eigenvalue weighted by Crippen LogP contribution is 2.31. The maximum absolute atomic E-state index is 14.0. The van der Waals surface area contributed by atoms with Gasteiger partial charge in [0.15, 0.2) is 0 Å². The van der Waals surface area contributed by atoms with Gasteiger partial charge in [-0.2, -0.15) is 0 Å². The van der Waals surface area contributed by atoms with Gasteiger partial charge in [-0.05, 0) is 55.5 Å². The monoisotopic (exact) mass is 442 g/mol. The standard InChI is InChI=1S/C25H28F2N2O3/c26-20-8-9-22(27)19(15-20)16-25(31)29-12-4-5-18-17-28(13-10-23(18)29)24(30)11-14-32-21-6-2-1-3-7-21/h1-3,6-9,15,18,23H,4-5,10-14,16-17H2/t18-,23+/m1/s1. The van der Waals surface area contributed by atoms with Crippen LogP contribution in [0.5, 0.6) is 5.75 Å². The van der Waals surface area contributed by atoms with Gasteiger partial charge in [0.05, 0.1) is 19.4 Å². The average Bonchev–Trinajstić information content (AvgIpc) is 2.81. The first-order valence-corrected chi connectivity index (χ1v) is 11.2. The molecule has 170 valence electrons. The molecule has 0 unspecified atom stereocenters. The third kappa shape index (κ3) is 5.26. The molecule has 2 aromatic rings. The number of benzene rings is 2. The molecule has 7 heteroatoms. The van der Waals surface area contributed by atoms with Crippen LogP contribution in [0.2, 0.25) is 0 Å². The lowest BCUT2D eigenvalue weighted by molar-refractivity contribution is -0.141. The van der Waals surface area contributed by atoms with Crippen LogP contribution in [0.15, 0.2) is 48.5 Å². The topological polar surface area (TPSA) is 49.9 Å². The molecule has 2 aliphatic heterocycles. The van der Waals surface area contributed by atoms with Crippen molar-refractivity contribution in [3.63, 3.8) is 0 Å². The number of hydrogen-bond acceptors (Lipinski definition) is 3. The molecule has 0 bridgehead atoms. The van der Waals surface area contributed by atoms with Crippen molar-refractivity contribution in [1.29, 1.82) is 0 Å². The number of carbonyl (C=O) groups is 2. The second-order valence-electron chi connectivity index (χ2n) is 8.51. The molecule has 2 amide bonds. The fraction of sp³-hybridized carbons (Fsp3) is 0.440. The van der Waals surface area contributed by atoms with Crippen LogP contribution < -0.4 is 4.74 Å². The van der Waals surface area contributed by atoms with Gasteiger partial charge in [0, 0.05) is 31.2 Å². The molecular formula is C25H28F2N2O3. The molecule has 2 atom stereocenters. The van der Waals surface area contributed by atoms with Gasteiger partial charge < -0.3 is 14.5 Å². The Balaban J connectivity index is 1.31. The number of fused-ring (bicyclic) bond motifs is 1. The van der Waals surface area contributed by atoms with Gasteiger partial charge in [-0.15, -0.1) is 0 Å². The number of amides is 2. The van der Waals surface area contributed by atoms with Crippen LogP contribution in [0.1, 0.15) is 31.2 Å². The molecule has 2 heterocycles. The maximum Gasteiger partial charge on any atom is 0.227 e. The number of halogens is 2. The number of rotatable bonds is 6. The van der Waals surface area contributed by atoms with Gasteiger partial charge in [-0.25, -0.2) is 8.78 Å². The molecule has 0 radical (unpaired) electrons. The summed E-state index contributed by atoms with van der Waals surface area (Å²) in [6.45, 7) is 2.16. The third-order valence-electron chi connectivity index (χ3n) is 6.42. The summed E-state index contributed by atoms with van der Waals surface area (Å²) in [7, 11) is 0. The number of para-hydroxylation sites is 1. The van der Waals surface area contributed by atoms with Gasteiger partial charge in [-0.3, -0.25) is 9.59 Å². The lowest BCUT2D eigenvalue weighted by atomic mass is 9.83. The maximum atomic E-state index is 14.0. The lowest BCUT2D eigenvalue weighted by Crippen LogP contribution is -2.57. The van der Waals surface area contributed by atoms with Crippen molar-refractivity contribution < 1.29 is 23.1 Å². The Morgan fingerprint density at radius 2 is 1.81 bits per heavy atom. The fourth-order valence-corrected chi connectivity index (χ4v) is 4.81. The molecule has 0 saturated carbocycles. The van der Waals surface area contributed by atoms with E-state index < -0.39 is 11.6 Å². The van der Waals surface area contributed by atoms with E-state index >= 15 is 0 Å². The summed E-state index contributed by atoms with van der Waals surface area (Å²) in [6, 6.07) is 12.7. The van der Waals surface area contributed by atoms with Crippen molar-refractivity contribution in [2.24, 2.45) is 5.92 Å². The largest absolute Gasteiger partial charge is 0.493 e. The van der Waals surface area contributed by atoms with E-state index in [0.717, 1.165) is 36.8 Å². The van der Waals surface area contributed by atoms with Crippen LogP contribution in [0.4, 0.5) is 8.78 Å². The second kappa shape index (κ2) is 10.1. The Bertz CT molecular complexity index is 953. The van der Waals surface area contributed by atoms with Crippen LogP contribution in [0, 0.1) is 17.6 Å². The zero-order valence-electron chi connectivity index (χ0n) is 18.0. The zero-order chi connectivity index (χ0) is 22.5. The van der Waals surface area contributed by atoms with Gasteiger partial charge >= 0.3 is 0 Å². The van der Waals surface area contributed by atoms with Gasteiger partial charge in [-0.1, -0.05) is 18.2 Å². The second-order valence-corrected chi connectivity index (χ2v) is 8.51. The predicted molar refractivity (Wildman–Crippen MR) is 116 cm³/mol. The summed E-state index contributed by atoms with van der Waals surface area (Å²) < 4.78 is 33.1. The van der Waals surface area contributed by atoms with Crippen molar-refractivity contribution in [1.82, 2.24) is 9.80 Å². The number of hydrogen-bond donors (Lipinski definition) is 0. The zero-order valence-corrected chi connectivity index (χ0v) is 18.0. The van der Waals surface area contributed by atoms with Gasteiger partial charge in [0.25, 0.3) is 0 Å². The fourth-order valence-electron chi connectivity index (χ4n) is 4.81. The highest BCUT2D eigenvalue weighted by molar-refractivity contribution is 5.79. The Kier molecular flexibility index (Phi) is 7.02. The minimum absolute atomic E-state index is 0.0393. The SMILES string of the molecule is O=C(CCOc1ccccc1)N1CC[C@H]2[C@H](CCCN2C(=O)Cc2cc(F)ccc2F)C1. The molecule has 4 rings (SSSR count). The van der Waals surface area contributed by atoms with Crippen LogP contribution in [0.25, 0.3) is 0 Å². The third-order valence-corrected chi connectivity index (χ3v) is 6.42. The predicted octanol–water partition coefficient (Wildman–Crippen LogP) is 3.82. The number of carbonyl (C=O) groups excluding carboxylic acids is 2. The minimum Gasteiger partial charge on any atom is -0.493 e. The quantitative estimate of drug-likeness (QED) is 0.684. The lowest BCUT2D eigenvalue weighted by Gasteiger charge is -2.47. The van der Waals surface area contributed by atoms with E-state index in [0.29, 0.717) is 39.1 Å². The van der Waals surface area contributed by atoms with E-state index in [1.807, 2.05) is 40.1 Å². The average molecular weight is 443 g/mol. The minimum atomic E-state index is -0.563. The molecule has 5 nitrogen and oxygen atoms in total. The summed E-state index contributed by atoms with van der Waals surface area (Å²) >= 11 is 0. The van der Waals surface area contributed by atoms with Crippen molar-refractivity contribution in [2.75, 3.05) is 26.2 Å². The molecule has 0 aromatic heterocycles. The number of nitrogens with zero attached hydrogens (tertiary/aromatic N) is 2. The summed E-state index contributed by atoms with van der Waals surface area (Å²) in [5, 5.41) is 0. The first-order valence-electron chi connectivity index (χ1n) is 11.2. The van der Waals surface area contributed by atoms with Crippen LogP contribution in [-0.2, 0) is 16.0 Å². The van der Waals surface area contributed by atoms with Gasteiger partial charge in [0.1, 0.15) is 17.4 Å². The molecule has 2 saturated heterocycles. The van der Waals surface area contributed by atoms with Crippen LogP contribution in [0.3, 0.4) is 0 Å². The first-order chi connectivity index (χ1) is 15.5. The van der Waals surface area contributed by atoms with E-state index in [9.17, 15) is 18.4 Å². The molecule has 2 aliphatic rings. The van der Waals surface area contributed by atoms with E-state index in [1.54, 1.807) is 0 Å². The molecule has 0 aliphatic carbocycles. The summed E-state index contributed by atoms with van der Waals surface area (Å²) in [4.78, 5) is 29.3. The Hall–Kier alpha value is -2.96.